The lowest BCUT2D eigenvalue weighted by Crippen LogP contribution is -2.36. The Bertz CT molecular complexity index is 945. The summed E-state index contributed by atoms with van der Waals surface area (Å²) in [6.45, 7) is 3.98. The number of hydrogen-bond donors (Lipinski definition) is 0. The fourth-order valence-corrected chi connectivity index (χ4v) is 4.05. The lowest BCUT2D eigenvalue weighted by molar-refractivity contribution is -0.132. The smallest absolute Gasteiger partial charge is 0.339 e. The molecule has 0 aliphatic rings. The first-order valence-electron chi connectivity index (χ1n) is 10.9. The first-order valence-corrected chi connectivity index (χ1v) is 12.3. The second-order valence-electron chi connectivity index (χ2n) is 8.06. The van der Waals surface area contributed by atoms with Crippen LogP contribution in [-0.4, -0.2) is 51.3 Å². The third-order valence-electron chi connectivity index (χ3n) is 5.02. The van der Waals surface area contributed by atoms with Crippen LogP contribution in [0, 0.1) is 5.82 Å². The molecule has 176 valence electrons. The second-order valence-corrected chi connectivity index (χ2v) is 9.61. The van der Waals surface area contributed by atoms with Gasteiger partial charge in [0, 0.05) is 26.1 Å². The van der Waals surface area contributed by atoms with E-state index in [2.05, 4.69) is 6.92 Å². The van der Waals surface area contributed by atoms with Crippen molar-refractivity contribution in [1.82, 2.24) is 9.80 Å². The number of carbonyl (C=O) groups excluding carboxylic acids is 1. The Hall–Kier alpha value is -2.45. The summed E-state index contributed by atoms with van der Waals surface area (Å²) in [5.41, 5.74) is 0.886. The standard InChI is InChI=1S/C24H33FN2O4S/c1-4-5-6-7-8-24(28)27(18-17-26(2)3)19-20-9-13-22(14-10-20)31-32(29,30)23-15-11-21(25)12-16-23/h9-16H,4-8,17-19H2,1-3H3. The molecule has 0 bridgehead atoms. The minimum absolute atomic E-state index is 0.119. The Morgan fingerprint density at radius 3 is 2.19 bits per heavy atom. The van der Waals surface area contributed by atoms with Crippen LogP contribution >= 0.6 is 0 Å². The zero-order chi connectivity index (χ0) is 23.6. The molecule has 6 nitrogen and oxygen atoms in total. The van der Waals surface area contributed by atoms with Gasteiger partial charge in [0.25, 0.3) is 0 Å². The van der Waals surface area contributed by atoms with Gasteiger partial charge in [-0.15, -0.1) is 0 Å². The number of halogens is 1. The van der Waals surface area contributed by atoms with Crippen LogP contribution in [0.3, 0.4) is 0 Å². The van der Waals surface area contributed by atoms with Crippen molar-refractivity contribution in [2.75, 3.05) is 27.2 Å². The van der Waals surface area contributed by atoms with Gasteiger partial charge >= 0.3 is 10.1 Å². The molecular weight excluding hydrogens is 431 g/mol. The molecule has 0 atom stereocenters. The van der Waals surface area contributed by atoms with E-state index in [1.54, 1.807) is 24.3 Å². The average Bonchev–Trinajstić information content (AvgIpc) is 2.75. The second kappa shape index (κ2) is 12.6. The van der Waals surface area contributed by atoms with Crippen LogP contribution in [0.25, 0.3) is 0 Å². The molecule has 1 amide bonds. The van der Waals surface area contributed by atoms with Gasteiger partial charge in [-0.3, -0.25) is 4.79 Å². The molecule has 0 unspecified atom stereocenters. The van der Waals surface area contributed by atoms with E-state index in [1.807, 2.05) is 23.9 Å². The van der Waals surface area contributed by atoms with E-state index < -0.39 is 15.9 Å². The highest BCUT2D eigenvalue weighted by molar-refractivity contribution is 7.87. The summed E-state index contributed by atoms with van der Waals surface area (Å²) >= 11 is 0. The van der Waals surface area contributed by atoms with Gasteiger partial charge in [-0.25, -0.2) is 4.39 Å². The number of carbonyl (C=O) groups is 1. The number of benzene rings is 2. The van der Waals surface area contributed by atoms with Crippen LogP contribution in [0.4, 0.5) is 4.39 Å². The minimum atomic E-state index is -4.05. The highest BCUT2D eigenvalue weighted by Gasteiger charge is 2.18. The van der Waals surface area contributed by atoms with Crippen LogP contribution in [0.5, 0.6) is 5.75 Å². The van der Waals surface area contributed by atoms with Gasteiger partial charge in [0.1, 0.15) is 16.5 Å². The average molecular weight is 465 g/mol. The van der Waals surface area contributed by atoms with Crippen molar-refractivity contribution in [3.63, 3.8) is 0 Å². The maximum absolute atomic E-state index is 13.0. The molecule has 2 aromatic carbocycles. The number of likely N-dealkylation sites (N-methyl/N-ethyl adjacent to an activating group) is 1. The minimum Gasteiger partial charge on any atom is -0.379 e. The molecule has 0 spiro atoms. The van der Waals surface area contributed by atoms with E-state index in [-0.39, 0.29) is 16.6 Å². The summed E-state index contributed by atoms with van der Waals surface area (Å²) < 4.78 is 42.9. The van der Waals surface area contributed by atoms with Gasteiger partial charge < -0.3 is 14.0 Å². The van der Waals surface area contributed by atoms with E-state index in [1.165, 1.54) is 0 Å². The summed E-state index contributed by atoms with van der Waals surface area (Å²) in [7, 11) is -0.110. The predicted molar refractivity (Wildman–Crippen MR) is 123 cm³/mol. The van der Waals surface area contributed by atoms with E-state index in [0.29, 0.717) is 19.5 Å². The van der Waals surface area contributed by atoms with E-state index in [4.69, 9.17) is 4.18 Å². The highest BCUT2D eigenvalue weighted by atomic mass is 32.2. The first-order chi connectivity index (χ1) is 15.2. The van der Waals surface area contributed by atoms with Gasteiger partial charge in [-0.2, -0.15) is 8.42 Å². The van der Waals surface area contributed by atoms with Gasteiger partial charge in [-0.05, 0) is 62.5 Å². The fraction of sp³-hybridized carbons (Fsp3) is 0.458. The third kappa shape index (κ3) is 8.59. The lowest BCUT2D eigenvalue weighted by atomic mass is 10.1. The van der Waals surface area contributed by atoms with Crippen molar-refractivity contribution in [3.05, 3.63) is 59.9 Å². The summed E-state index contributed by atoms with van der Waals surface area (Å²) in [4.78, 5) is 16.5. The van der Waals surface area contributed by atoms with E-state index >= 15 is 0 Å². The number of hydrogen-bond acceptors (Lipinski definition) is 5. The summed E-state index contributed by atoms with van der Waals surface area (Å²) in [5.74, 6) is -0.238. The maximum Gasteiger partial charge on any atom is 0.339 e. The van der Waals surface area contributed by atoms with Crippen molar-refractivity contribution in [2.24, 2.45) is 0 Å². The molecule has 0 heterocycles. The Morgan fingerprint density at radius 1 is 0.938 bits per heavy atom. The van der Waals surface area contributed by atoms with Crippen LogP contribution in [-0.2, 0) is 21.5 Å². The molecule has 0 radical (unpaired) electrons. The largest absolute Gasteiger partial charge is 0.379 e. The lowest BCUT2D eigenvalue weighted by Gasteiger charge is -2.25. The molecule has 32 heavy (non-hydrogen) atoms. The van der Waals surface area contributed by atoms with Crippen molar-refractivity contribution >= 4 is 16.0 Å². The number of unbranched alkanes of at least 4 members (excludes halogenated alkanes) is 3. The van der Waals surface area contributed by atoms with E-state index in [0.717, 1.165) is 62.1 Å². The van der Waals surface area contributed by atoms with Gasteiger partial charge in [0.15, 0.2) is 0 Å². The molecular formula is C24H33FN2O4S. The Labute approximate surface area is 191 Å². The summed E-state index contributed by atoms with van der Waals surface area (Å²) in [6.07, 6.45) is 4.74. The zero-order valence-electron chi connectivity index (χ0n) is 19.1. The number of amides is 1. The third-order valence-corrected chi connectivity index (χ3v) is 6.28. The quantitative estimate of drug-likeness (QED) is 0.324. The molecule has 2 aromatic rings. The van der Waals surface area contributed by atoms with Gasteiger partial charge in [0.2, 0.25) is 5.91 Å². The molecule has 0 saturated carbocycles. The molecule has 0 fully saturated rings. The normalized spacial score (nSPS) is 11.5. The molecule has 0 saturated heterocycles. The van der Waals surface area contributed by atoms with Crippen molar-refractivity contribution < 1.29 is 21.8 Å². The van der Waals surface area contributed by atoms with Crippen LogP contribution in [0.1, 0.15) is 44.6 Å². The number of nitrogens with zero attached hydrogens (tertiary/aromatic N) is 2. The topological polar surface area (TPSA) is 66.9 Å². The monoisotopic (exact) mass is 464 g/mol. The maximum atomic E-state index is 13.0. The highest BCUT2D eigenvalue weighted by Crippen LogP contribution is 2.20. The van der Waals surface area contributed by atoms with Crippen molar-refractivity contribution in [3.8, 4) is 5.75 Å². The molecule has 0 aliphatic heterocycles. The van der Waals surface area contributed by atoms with Crippen LogP contribution in [0.2, 0.25) is 0 Å². The Morgan fingerprint density at radius 2 is 1.59 bits per heavy atom. The molecule has 0 N–H and O–H groups in total. The van der Waals surface area contributed by atoms with Crippen molar-refractivity contribution in [2.45, 2.75) is 50.5 Å². The SMILES string of the molecule is CCCCCCC(=O)N(CCN(C)C)Cc1ccc(OS(=O)(=O)c2ccc(F)cc2)cc1. The molecule has 8 heteroatoms. The van der Waals surface area contributed by atoms with Crippen LogP contribution in [0.15, 0.2) is 53.4 Å². The first kappa shape index (κ1) is 25.8. The summed E-state index contributed by atoms with van der Waals surface area (Å²) in [6, 6.07) is 11.1. The summed E-state index contributed by atoms with van der Waals surface area (Å²) in [5, 5.41) is 0. The van der Waals surface area contributed by atoms with Gasteiger partial charge in [-0.1, -0.05) is 38.3 Å². The fourth-order valence-electron chi connectivity index (χ4n) is 3.12. The zero-order valence-corrected chi connectivity index (χ0v) is 19.9. The van der Waals surface area contributed by atoms with Gasteiger partial charge in [0.05, 0.1) is 0 Å². The molecule has 0 aromatic heterocycles. The Balaban J connectivity index is 2.02. The number of rotatable bonds is 13. The molecule has 2 rings (SSSR count). The van der Waals surface area contributed by atoms with E-state index in [9.17, 15) is 17.6 Å². The van der Waals surface area contributed by atoms with Crippen molar-refractivity contribution in [1.29, 1.82) is 0 Å². The van der Waals surface area contributed by atoms with Crippen LogP contribution < -0.4 is 4.18 Å². The molecule has 0 aliphatic carbocycles. The predicted octanol–water partition coefficient (Wildman–Crippen LogP) is 4.45. The Kier molecular flexibility index (Phi) is 10.1.